The first kappa shape index (κ1) is 10.1. The highest BCUT2D eigenvalue weighted by molar-refractivity contribution is 6.03. The number of anilines is 1. The van der Waals surface area contributed by atoms with Gasteiger partial charge in [0.25, 0.3) is 0 Å². The Morgan fingerprint density at radius 2 is 1.71 bits per heavy atom. The molecule has 0 radical (unpaired) electrons. The van der Waals surface area contributed by atoms with Crippen molar-refractivity contribution in [3.8, 4) is 0 Å². The number of Topliss-reactive ketones (excluding diaryl/α,β-unsaturated/α-hetero) is 1. The lowest BCUT2D eigenvalue weighted by atomic mass is 9.92. The molecule has 1 atom stereocenters. The van der Waals surface area contributed by atoms with Crippen molar-refractivity contribution >= 4 is 11.5 Å². The summed E-state index contributed by atoms with van der Waals surface area (Å²) in [6.45, 7) is 0.701. The number of carbonyl (C=O) groups excluding carboxylic acids is 1. The van der Waals surface area contributed by atoms with E-state index in [-0.39, 0.29) is 11.7 Å². The minimum Gasteiger partial charge on any atom is -0.384 e. The third kappa shape index (κ3) is 1.72. The summed E-state index contributed by atoms with van der Waals surface area (Å²) in [5.74, 6) is 0.150. The van der Waals surface area contributed by atoms with Crippen LogP contribution in [0, 0.1) is 0 Å². The topological polar surface area (TPSA) is 29.1 Å². The molecule has 2 aromatic carbocycles. The maximum Gasteiger partial charge on any atom is 0.172 e. The number of nitrogens with one attached hydrogen (secondary N) is 1. The molecule has 2 heteroatoms. The zero-order valence-electron chi connectivity index (χ0n) is 9.39. The van der Waals surface area contributed by atoms with Gasteiger partial charge >= 0.3 is 0 Å². The van der Waals surface area contributed by atoms with Gasteiger partial charge in [0.2, 0.25) is 0 Å². The van der Waals surface area contributed by atoms with Crippen molar-refractivity contribution in [2.45, 2.75) is 5.92 Å². The molecule has 0 aliphatic carbocycles. The van der Waals surface area contributed by atoms with Gasteiger partial charge in [-0.1, -0.05) is 48.5 Å². The highest BCUT2D eigenvalue weighted by Crippen LogP contribution is 2.33. The lowest BCUT2D eigenvalue weighted by Gasteiger charge is -2.08. The fourth-order valence-corrected chi connectivity index (χ4v) is 2.32. The predicted octanol–water partition coefficient (Wildman–Crippen LogP) is 3.08. The van der Waals surface area contributed by atoms with E-state index in [1.54, 1.807) is 0 Å². The van der Waals surface area contributed by atoms with E-state index in [4.69, 9.17) is 0 Å². The Hall–Kier alpha value is -2.09. The van der Waals surface area contributed by atoms with E-state index in [0.717, 1.165) is 16.8 Å². The molecule has 0 saturated heterocycles. The fourth-order valence-electron chi connectivity index (χ4n) is 2.32. The maximum absolute atomic E-state index is 12.4. The highest BCUT2D eigenvalue weighted by Gasteiger charge is 2.28. The molecule has 0 amide bonds. The minimum absolute atomic E-state index is 0.0476. The first-order valence-electron chi connectivity index (χ1n) is 5.78. The number of para-hydroxylation sites is 1. The summed E-state index contributed by atoms with van der Waals surface area (Å²) in [5, 5.41) is 3.28. The summed E-state index contributed by atoms with van der Waals surface area (Å²) in [6, 6.07) is 17.5. The molecule has 1 unspecified atom stereocenters. The minimum atomic E-state index is -0.0476. The van der Waals surface area contributed by atoms with E-state index in [0.29, 0.717) is 6.54 Å². The second kappa shape index (κ2) is 4.06. The van der Waals surface area contributed by atoms with Gasteiger partial charge in [-0.3, -0.25) is 4.79 Å². The average molecular weight is 223 g/mol. The van der Waals surface area contributed by atoms with Gasteiger partial charge in [-0.25, -0.2) is 0 Å². The van der Waals surface area contributed by atoms with Crippen molar-refractivity contribution in [1.82, 2.24) is 0 Å². The van der Waals surface area contributed by atoms with Gasteiger partial charge in [0.1, 0.15) is 0 Å². The van der Waals surface area contributed by atoms with E-state index < -0.39 is 0 Å². The van der Waals surface area contributed by atoms with Gasteiger partial charge in [-0.2, -0.15) is 0 Å². The lowest BCUT2D eigenvalue weighted by Crippen LogP contribution is -2.14. The van der Waals surface area contributed by atoms with E-state index in [1.807, 2.05) is 54.6 Å². The van der Waals surface area contributed by atoms with Crippen LogP contribution in [0.4, 0.5) is 5.69 Å². The number of hydrogen-bond acceptors (Lipinski definition) is 2. The molecule has 17 heavy (non-hydrogen) atoms. The Morgan fingerprint density at radius 1 is 1.00 bits per heavy atom. The normalized spacial score (nSPS) is 17.3. The molecule has 0 saturated carbocycles. The summed E-state index contributed by atoms with van der Waals surface area (Å²) < 4.78 is 0. The first-order chi connectivity index (χ1) is 8.36. The smallest absolute Gasteiger partial charge is 0.172 e. The number of fused-ring (bicyclic) bond motifs is 1. The Labute approximate surface area is 100 Å². The van der Waals surface area contributed by atoms with Gasteiger partial charge in [0, 0.05) is 17.8 Å². The van der Waals surface area contributed by atoms with E-state index in [1.165, 1.54) is 0 Å². The molecule has 0 aromatic heterocycles. The molecule has 0 spiro atoms. The largest absolute Gasteiger partial charge is 0.384 e. The van der Waals surface area contributed by atoms with Crippen LogP contribution < -0.4 is 5.32 Å². The van der Waals surface area contributed by atoms with Gasteiger partial charge in [0.05, 0.1) is 5.92 Å². The zero-order chi connectivity index (χ0) is 11.7. The number of hydrogen-bond donors (Lipinski definition) is 1. The van der Waals surface area contributed by atoms with Gasteiger partial charge < -0.3 is 5.32 Å². The number of ketones is 1. The van der Waals surface area contributed by atoms with Gasteiger partial charge in [-0.15, -0.1) is 0 Å². The number of carbonyl (C=O) groups is 1. The summed E-state index contributed by atoms with van der Waals surface area (Å²) >= 11 is 0. The van der Waals surface area contributed by atoms with Crippen molar-refractivity contribution in [2.75, 3.05) is 11.9 Å². The number of rotatable bonds is 2. The molecule has 3 rings (SSSR count). The van der Waals surface area contributed by atoms with Crippen molar-refractivity contribution in [2.24, 2.45) is 0 Å². The SMILES string of the molecule is O=C(c1ccccc1)C1CNc2ccccc21. The predicted molar refractivity (Wildman–Crippen MR) is 68.4 cm³/mol. The van der Waals surface area contributed by atoms with Crippen LogP contribution in [-0.4, -0.2) is 12.3 Å². The lowest BCUT2D eigenvalue weighted by molar-refractivity contribution is 0.0966. The van der Waals surface area contributed by atoms with Crippen molar-refractivity contribution in [1.29, 1.82) is 0 Å². The standard InChI is InChI=1S/C15H13NO/c17-15(11-6-2-1-3-7-11)13-10-16-14-9-5-4-8-12(13)14/h1-9,13,16H,10H2. The Kier molecular flexibility index (Phi) is 2.41. The molecule has 1 N–H and O–H groups in total. The summed E-state index contributed by atoms with van der Waals surface area (Å²) in [7, 11) is 0. The average Bonchev–Trinajstić information content (AvgIpc) is 2.83. The molecule has 84 valence electrons. The van der Waals surface area contributed by atoms with E-state index >= 15 is 0 Å². The second-order valence-electron chi connectivity index (χ2n) is 4.25. The van der Waals surface area contributed by atoms with Crippen LogP contribution in [0.25, 0.3) is 0 Å². The first-order valence-corrected chi connectivity index (χ1v) is 5.78. The Morgan fingerprint density at radius 3 is 2.53 bits per heavy atom. The van der Waals surface area contributed by atoms with Crippen molar-refractivity contribution in [3.05, 3.63) is 65.7 Å². The van der Waals surface area contributed by atoms with Crippen LogP contribution in [0.3, 0.4) is 0 Å². The maximum atomic E-state index is 12.4. The molecular formula is C15H13NO. The fraction of sp³-hybridized carbons (Fsp3) is 0.133. The molecular weight excluding hydrogens is 210 g/mol. The monoisotopic (exact) mass is 223 g/mol. The second-order valence-corrected chi connectivity index (χ2v) is 4.25. The molecule has 1 aliphatic heterocycles. The summed E-state index contributed by atoms with van der Waals surface area (Å²) in [4.78, 5) is 12.4. The zero-order valence-corrected chi connectivity index (χ0v) is 9.39. The summed E-state index contributed by atoms with van der Waals surface area (Å²) in [6.07, 6.45) is 0. The highest BCUT2D eigenvalue weighted by atomic mass is 16.1. The van der Waals surface area contributed by atoms with Crippen LogP contribution >= 0.6 is 0 Å². The molecule has 0 fully saturated rings. The van der Waals surface area contributed by atoms with Gasteiger partial charge in [-0.05, 0) is 11.6 Å². The number of benzene rings is 2. The van der Waals surface area contributed by atoms with E-state index in [2.05, 4.69) is 5.32 Å². The van der Waals surface area contributed by atoms with Gasteiger partial charge in [0.15, 0.2) is 5.78 Å². The van der Waals surface area contributed by atoms with Crippen molar-refractivity contribution in [3.63, 3.8) is 0 Å². The Balaban J connectivity index is 1.95. The molecule has 1 aliphatic rings. The van der Waals surface area contributed by atoms with Crippen LogP contribution in [0.2, 0.25) is 0 Å². The molecule has 1 heterocycles. The molecule has 2 aromatic rings. The molecule has 2 nitrogen and oxygen atoms in total. The van der Waals surface area contributed by atoms with Crippen LogP contribution in [0.5, 0.6) is 0 Å². The van der Waals surface area contributed by atoms with E-state index in [9.17, 15) is 4.79 Å². The third-order valence-corrected chi connectivity index (χ3v) is 3.21. The summed E-state index contributed by atoms with van der Waals surface area (Å²) in [5.41, 5.74) is 2.99. The third-order valence-electron chi connectivity index (χ3n) is 3.21. The van der Waals surface area contributed by atoms with Crippen LogP contribution in [0.1, 0.15) is 21.8 Å². The Bertz CT molecular complexity index is 548. The van der Waals surface area contributed by atoms with Crippen molar-refractivity contribution < 1.29 is 4.79 Å². The van der Waals surface area contributed by atoms with Crippen LogP contribution in [-0.2, 0) is 0 Å². The molecule has 0 bridgehead atoms. The van der Waals surface area contributed by atoms with Crippen LogP contribution in [0.15, 0.2) is 54.6 Å². The quantitative estimate of drug-likeness (QED) is 0.793.